The minimum Gasteiger partial charge on any atom is -0.380 e. The van der Waals surface area contributed by atoms with Crippen LogP contribution in [0.1, 0.15) is 26.7 Å². The fourth-order valence-electron chi connectivity index (χ4n) is 1.56. The van der Waals surface area contributed by atoms with Gasteiger partial charge < -0.3 is 10.5 Å². The van der Waals surface area contributed by atoms with Gasteiger partial charge in [-0.05, 0) is 39.7 Å². The molecule has 0 bridgehead atoms. The third-order valence-electron chi connectivity index (χ3n) is 3.21. The Balaban J connectivity index is 2.38. The van der Waals surface area contributed by atoms with E-state index >= 15 is 0 Å². The topological polar surface area (TPSA) is 38.5 Å². The molecule has 14 heavy (non-hydrogen) atoms. The smallest absolute Gasteiger partial charge is 0.0659 e. The molecule has 3 heteroatoms. The summed E-state index contributed by atoms with van der Waals surface area (Å²) in [6.45, 7) is 7.55. The maximum Gasteiger partial charge on any atom is 0.0659 e. The van der Waals surface area contributed by atoms with Gasteiger partial charge in [0.05, 0.1) is 12.1 Å². The van der Waals surface area contributed by atoms with Gasteiger partial charge in [-0.2, -0.15) is 0 Å². The normalized spacial score (nSPS) is 21.2. The van der Waals surface area contributed by atoms with Crippen LogP contribution in [0, 0.1) is 5.92 Å². The molecule has 0 spiro atoms. The standard InChI is InChI=1S/C11H24N2O/c1-4-14-9-11(2,8-12)13(3)7-10-5-6-10/h10H,4-9,12H2,1-3H3. The lowest BCUT2D eigenvalue weighted by Gasteiger charge is -2.37. The van der Waals surface area contributed by atoms with E-state index in [2.05, 4.69) is 18.9 Å². The van der Waals surface area contributed by atoms with E-state index in [1.165, 1.54) is 19.4 Å². The van der Waals surface area contributed by atoms with Crippen LogP contribution < -0.4 is 5.73 Å². The molecule has 0 aliphatic heterocycles. The summed E-state index contributed by atoms with van der Waals surface area (Å²) < 4.78 is 5.49. The van der Waals surface area contributed by atoms with Crippen molar-refractivity contribution in [1.29, 1.82) is 0 Å². The molecular formula is C11H24N2O. The molecule has 1 atom stereocenters. The van der Waals surface area contributed by atoms with Crippen LogP contribution in [0.25, 0.3) is 0 Å². The number of hydrogen-bond acceptors (Lipinski definition) is 3. The minimum absolute atomic E-state index is 0.0125. The fourth-order valence-corrected chi connectivity index (χ4v) is 1.56. The van der Waals surface area contributed by atoms with E-state index in [1.54, 1.807) is 0 Å². The van der Waals surface area contributed by atoms with Crippen LogP contribution in [-0.2, 0) is 4.74 Å². The average molecular weight is 200 g/mol. The lowest BCUT2D eigenvalue weighted by molar-refractivity contribution is 0.0220. The Hall–Kier alpha value is -0.120. The molecule has 0 aromatic rings. The van der Waals surface area contributed by atoms with Gasteiger partial charge in [0, 0.05) is 19.7 Å². The Labute approximate surface area is 87.6 Å². The van der Waals surface area contributed by atoms with Crippen LogP contribution in [0.5, 0.6) is 0 Å². The number of hydrogen-bond donors (Lipinski definition) is 1. The second kappa shape index (κ2) is 5.10. The Kier molecular flexibility index (Phi) is 4.35. The lowest BCUT2D eigenvalue weighted by atomic mass is 10.0. The molecule has 1 aliphatic rings. The molecule has 0 amide bonds. The number of nitrogens with two attached hydrogens (primary N) is 1. The highest BCUT2D eigenvalue weighted by molar-refractivity contribution is 4.88. The predicted octanol–water partition coefficient (Wildman–Crippen LogP) is 1.08. The molecule has 1 fully saturated rings. The summed E-state index contributed by atoms with van der Waals surface area (Å²) in [4.78, 5) is 2.36. The highest BCUT2D eigenvalue weighted by Crippen LogP contribution is 2.31. The molecule has 3 nitrogen and oxygen atoms in total. The largest absolute Gasteiger partial charge is 0.380 e. The first-order valence-corrected chi connectivity index (χ1v) is 5.61. The monoisotopic (exact) mass is 200 g/mol. The molecule has 1 aliphatic carbocycles. The number of nitrogens with zero attached hydrogens (tertiary/aromatic N) is 1. The third-order valence-corrected chi connectivity index (χ3v) is 3.21. The van der Waals surface area contributed by atoms with Gasteiger partial charge in [0.2, 0.25) is 0 Å². The summed E-state index contributed by atoms with van der Waals surface area (Å²) in [6.07, 6.45) is 2.78. The molecule has 2 N–H and O–H groups in total. The maximum atomic E-state index is 5.82. The van der Waals surface area contributed by atoms with Gasteiger partial charge in [0.1, 0.15) is 0 Å². The number of ether oxygens (including phenoxy) is 1. The van der Waals surface area contributed by atoms with Gasteiger partial charge in [0.15, 0.2) is 0 Å². The van der Waals surface area contributed by atoms with Crippen LogP contribution in [0.2, 0.25) is 0 Å². The maximum absolute atomic E-state index is 5.82. The zero-order valence-electron chi connectivity index (χ0n) is 9.75. The predicted molar refractivity (Wildman–Crippen MR) is 59.3 cm³/mol. The van der Waals surface area contributed by atoms with Crippen molar-refractivity contribution in [1.82, 2.24) is 4.90 Å². The zero-order chi connectivity index (χ0) is 10.6. The second-order valence-corrected chi connectivity index (χ2v) is 4.66. The zero-order valence-corrected chi connectivity index (χ0v) is 9.75. The average Bonchev–Trinajstić information content (AvgIpc) is 2.97. The molecule has 0 saturated heterocycles. The van der Waals surface area contributed by atoms with Crippen LogP contribution in [0.4, 0.5) is 0 Å². The quantitative estimate of drug-likeness (QED) is 0.668. The summed E-state index contributed by atoms with van der Waals surface area (Å²) in [5.74, 6) is 0.910. The van der Waals surface area contributed by atoms with Crippen molar-refractivity contribution >= 4 is 0 Å². The molecule has 1 saturated carbocycles. The van der Waals surface area contributed by atoms with Crippen LogP contribution in [0.3, 0.4) is 0 Å². The molecule has 0 radical (unpaired) electrons. The van der Waals surface area contributed by atoms with E-state index in [-0.39, 0.29) is 5.54 Å². The molecule has 0 aromatic carbocycles. The molecular weight excluding hydrogens is 176 g/mol. The Morgan fingerprint density at radius 2 is 2.14 bits per heavy atom. The number of likely N-dealkylation sites (N-methyl/N-ethyl adjacent to an activating group) is 1. The van der Waals surface area contributed by atoms with Crippen LogP contribution in [-0.4, -0.2) is 43.8 Å². The Bertz CT molecular complexity index is 171. The summed E-state index contributed by atoms with van der Waals surface area (Å²) in [5.41, 5.74) is 5.84. The summed E-state index contributed by atoms with van der Waals surface area (Å²) in [6, 6.07) is 0. The molecule has 0 heterocycles. The highest BCUT2D eigenvalue weighted by Gasteiger charge is 2.32. The van der Waals surface area contributed by atoms with Crippen molar-refractivity contribution in [2.24, 2.45) is 11.7 Å². The van der Waals surface area contributed by atoms with E-state index in [9.17, 15) is 0 Å². The Morgan fingerprint density at radius 1 is 1.50 bits per heavy atom. The summed E-state index contributed by atoms with van der Waals surface area (Å²) >= 11 is 0. The van der Waals surface area contributed by atoms with Crippen molar-refractivity contribution in [3.63, 3.8) is 0 Å². The fraction of sp³-hybridized carbons (Fsp3) is 1.00. The van der Waals surface area contributed by atoms with Crippen molar-refractivity contribution < 1.29 is 4.74 Å². The minimum atomic E-state index is 0.0125. The molecule has 1 unspecified atom stereocenters. The SMILES string of the molecule is CCOCC(C)(CN)N(C)CC1CC1. The van der Waals surface area contributed by atoms with Gasteiger partial charge >= 0.3 is 0 Å². The van der Waals surface area contributed by atoms with Crippen molar-refractivity contribution in [3.8, 4) is 0 Å². The first-order chi connectivity index (χ1) is 6.62. The van der Waals surface area contributed by atoms with Gasteiger partial charge in [0.25, 0.3) is 0 Å². The molecule has 0 aromatic heterocycles. The summed E-state index contributed by atoms with van der Waals surface area (Å²) in [5, 5.41) is 0. The molecule has 84 valence electrons. The van der Waals surface area contributed by atoms with E-state index in [4.69, 9.17) is 10.5 Å². The van der Waals surface area contributed by atoms with Crippen LogP contribution in [0.15, 0.2) is 0 Å². The van der Waals surface area contributed by atoms with E-state index in [0.29, 0.717) is 6.54 Å². The lowest BCUT2D eigenvalue weighted by Crippen LogP contribution is -2.53. The van der Waals surface area contributed by atoms with E-state index in [0.717, 1.165) is 19.1 Å². The van der Waals surface area contributed by atoms with Crippen LogP contribution >= 0.6 is 0 Å². The van der Waals surface area contributed by atoms with Gasteiger partial charge in [-0.25, -0.2) is 0 Å². The second-order valence-electron chi connectivity index (χ2n) is 4.66. The summed E-state index contributed by atoms with van der Waals surface area (Å²) in [7, 11) is 2.16. The Morgan fingerprint density at radius 3 is 2.57 bits per heavy atom. The van der Waals surface area contributed by atoms with Crippen molar-refractivity contribution in [2.75, 3.05) is 33.4 Å². The first-order valence-electron chi connectivity index (χ1n) is 5.61. The van der Waals surface area contributed by atoms with Gasteiger partial charge in [-0.1, -0.05) is 0 Å². The van der Waals surface area contributed by atoms with Crippen molar-refractivity contribution in [3.05, 3.63) is 0 Å². The van der Waals surface area contributed by atoms with Gasteiger partial charge in [-0.15, -0.1) is 0 Å². The van der Waals surface area contributed by atoms with E-state index in [1.807, 2.05) is 6.92 Å². The van der Waals surface area contributed by atoms with Gasteiger partial charge in [-0.3, -0.25) is 4.90 Å². The van der Waals surface area contributed by atoms with E-state index < -0.39 is 0 Å². The third kappa shape index (κ3) is 3.23. The molecule has 1 rings (SSSR count). The highest BCUT2D eigenvalue weighted by atomic mass is 16.5. The van der Waals surface area contributed by atoms with Crippen molar-refractivity contribution in [2.45, 2.75) is 32.2 Å². The number of rotatable bonds is 7. The first kappa shape index (κ1) is 12.0.